The number of aromatic nitrogens is 2. The summed E-state index contributed by atoms with van der Waals surface area (Å²) in [6, 6.07) is 5.66. The van der Waals surface area contributed by atoms with Crippen LogP contribution in [0.2, 0.25) is 0 Å². The number of fused-ring (bicyclic) bond motifs is 1. The summed E-state index contributed by atoms with van der Waals surface area (Å²) in [7, 11) is 0. The van der Waals surface area contributed by atoms with Crippen LogP contribution in [0.25, 0.3) is 11.0 Å². The van der Waals surface area contributed by atoms with E-state index in [4.69, 9.17) is 0 Å². The minimum absolute atomic E-state index is 0.136. The zero-order valence-electron chi connectivity index (χ0n) is 13.9. The monoisotopic (exact) mass is 327 g/mol. The zero-order chi connectivity index (χ0) is 17.0. The van der Waals surface area contributed by atoms with Gasteiger partial charge >= 0.3 is 5.69 Å². The Bertz CT molecular complexity index is 902. The molecule has 4 rings (SSSR count). The molecule has 1 unspecified atom stereocenters. The number of carbonyl (C=O) groups is 2. The van der Waals surface area contributed by atoms with E-state index in [1.807, 2.05) is 16.7 Å². The van der Waals surface area contributed by atoms with E-state index in [0.29, 0.717) is 12.3 Å². The number of piperidine rings is 1. The number of hydrogen-bond donors (Lipinski definition) is 1. The topological polar surface area (TPSA) is 73.1 Å². The maximum Gasteiger partial charge on any atom is 0.330 e. The number of imide groups is 1. The number of benzene rings is 1. The summed E-state index contributed by atoms with van der Waals surface area (Å²) in [5.74, 6) is -0.274. The molecule has 2 aromatic rings. The number of carbonyl (C=O) groups excluding carboxylic acids is 2. The lowest BCUT2D eigenvalue weighted by Gasteiger charge is -2.22. The zero-order valence-corrected chi connectivity index (χ0v) is 13.9. The van der Waals surface area contributed by atoms with E-state index in [0.717, 1.165) is 23.9 Å². The van der Waals surface area contributed by atoms with Crippen molar-refractivity contribution in [1.29, 1.82) is 0 Å². The first-order valence-corrected chi connectivity index (χ1v) is 8.57. The molecule has 0 radical (unpaired) electrons. The molecule has 0 spiro atoms. The quantitative estimate of drug-likeness (QED) is 0.879. The summed E-state index contributed by atoms with van der Waals surface area (Å²) in [5.41, 5.74) is 2.73. The smallest absolute Gasteiger partial charge is 0.295 e. The normalized spacial score (nSPS) is 21.5. The van der Waals surface area contributed by atoms with Crippen molar-refractivity contribution in [1.82, 2.24) is 14.5 Å². The summed E-state index contributed by atoms with van der Waals surface area (Å²) in [5, 5.41) is 2.36. The third kappa shape index (κ3) is 2.28. The molecule has 1 aliphatic heterocycles. The largest absolute Gasteiger partial charge is 0.330 e. The minimum atomic E-state index is -0.609. The molecule has 0 bridgehead atoms. The SMILES string of the molecule is CC(C)c1ccc2c(c1)n(C1CC1)c(=O)n2C1CCC(=O)NC1=O. The Morgan fingerprint density at radius 1 is 1.04 bits per heavy atom. The fraction of sp³-hybridized carbons (Fsp3) is 0.500. The van der Waals surface area contributed by atoms with Gasteiger partial charge in [0.05, 0.1) is 11.0 Å². The molecule has 2 amide bonds. The second kappa shape index (κ2) is 5.33. The summed E-state index contributed by atoms with van der Waals surface area (Å²) in [6.07, 6.45) is 2.64. The van der Waals surface area contributed by atoms with E-state index in [1.165, 1.54) is 5.56 Å². The van der Waals surface area contributed by atoms with Gasteiger partial charge in [0.15, 0.2) is 0 Å². The van der Waals surface area contributed by atoms with E-state index in [9.17, 15) is 14.4 Å². The van der Waals surface area contributed by atoms with Gasteiger partial charge in [-0.2, -0.15) is 0 Å². The van der Waals surface area contributed by atoms with E-state index in [2.05, 4.69) is 25.2 Å². The fourth-order valence-electron chi connectivity index (χ4n) is 3.53. The number of imidazole rings is 1. The highest BCUT2D eigenvalue weighted by atomic mass is 16.2. The first kappa shape index (κ1) is 15.2. The third-order valence-electron chi connectivity index (χ3n) is 5.03. The van der Waals surface area contributed by atoms with Crippen LogP contribution in [0.15, 0.2) is 23.0 Å². The second-order valence-corrected chi connectivity index (χ2v) is 7.12. The molecule has 1 aromatic heterocycles. The van der Waals surface area contributed by atoms with Gasteiger partial charge in [-0.15, -0.1) is 0 Å². The number of hydrogen-bond acceptors (Lipinski definition) is 3. The lowest BCUT2D eigenvalue weighted by Crippen LogP contribution is -2.44. The minimum Gasteiger partial charge on any atom is -0.295 e. The van der Waals surface area contributed by atoms with E-state index in [-0.39, 0.29) is 30.0 Å². The standard InChI is InChI=1S/C18H21N3O3/c1-10(2)11-3-6-13-15(9-11)20(12-4-5-12)18(24)21(13)14-7-8-16(22)19-17(14)23/h3,6,9-10,12,14H,4-5,7-8H2,1-2H3,(H,19,22,23). The van der Waals surface area contributed by atoms with Crippen molar-refractivity contribution >= 4 is 22.8 Å². The van der Waals surface area contributed by atoms with Crippen molar-refractivity contribution in [2.75, 3.05) is 0 Å². The fourth-order valence-corrected chi connectivity index (χ4v) is 3.53. The van der Waals surface area contributed by atoms with Gasteiger partial charge in [-0.05, 0) is 42.9 Å². The molecule has 1 aromatic carbocycles. The Morgan fingerprint density at radius 3 is 2.42 bits per heavy atom. The molecule has 126 valence electrons. The first-order valence-electron chi connectivity index (χ1n) is 8.57. The average Bonchev–Trinajstić information content (AvgIpc) is 3.31. The van der Waals surface area contributed by atoms with Gasteiger partial charge in [-0.25, -0.2) is 4.79 Å². The van der Waals surface area contributed by atoms with Gasteiger partial charge in [0.2, 0.25) is 11.8 Å². The number of nitrogens with zero attached hydrogens (tertiary/aromatic N) is 2. The highest BCUT2D eigenvalue weighted by Crippen LogP contribution is 2.37. The lowest BCUT2D eigenvalue weighted by molar-refractivity contribution is -0.135. The Labute approximate surface area is 139 Å². The van der Waals surface area contributed by atoms with Gasteiger partial charge in [0, 0.05) is 12.5 Å². The number of amides is 2. The maximum absolute atomic E-state index is 13.0. The molecule has 6 nitrogen and oxygen atoms in total. The average molecular weight is 327 g/mol. The third-order valence-corrected chi connectivity index (χ3v) is 5.03. The van der Waals surface area contributed by atoms with Crippen LogP contribution in [0.4, 0.5) is 0 Å². The molecular weight excluding hydrogens is 306 g/mol. The summed E-state index contributed by atoms with van der Waals surface area (Å²) in [6.45, 7) is 4.25. The Hall–Kier alpha value is -2.37. The van der Waals surface area contributed by atoms with Crippen molar-refractivity contribution in [3.63, 3.8) is 0 Å². The van der Waals surface area contributed by atoms with Crippen molar-refractivity contribution < 1.29 is 9.59 Å². The number of rotatable bonds is 3. The van der Waals surface area contributed by atoms with E-state index < -0.39 is 6.04 Å². The summed E-state index contributed by atoms with van der Waals surface area (Å²) < 4.78 is 3.42. The van der Waals surface area contributed by atoms with Crippen LogP contribution >= 0.6 is 0 Å². The molecule has 2 fully saturated rings. The Balaban J connectivity index is 1.92. The molecule has 1 saturated carbocycles. The van der Waals surface area contributed by atoms with Crippen LogP contribution < -0.4 is 11.0 Å². The Kier molecular flexibility index (Phi) is 3.37. The molecular formula is C18H21N3O3. The molecule has 2 aliphatic rings. The number of nitrogens with one attached hydrogen (secondary N) is 1. The van der Waals surface area contributed by atoms with Crippen molar-refractivity contribution in [3.05, 3.63) is 34.2 Å². The highest BCUT2D eigenvalue weighted by molar-refractivity contribution is 6.00. The summed E-state index contributed by atoms with van der Waals surface area (Å²) >= 11 is 0. The van der Waals surface area contributed by atoms with Crippen molar-refractivity contribution in [3.8, 4) is 0 Å². The van der Waals surface area contributed by atoms with Gasteiger partial charge in [0.1, 0.15) is 6.04 Å². The molecule has 1 saturated heterocycles. The van der Waals surface area contributed by atoms with Crippen LogP contribution in [0.5, 0.6) is 0 Å². The van der Waals surface area contributed by atoms with E-state index >= 15 is 0 Å². The maximum atomic E-state index is 13.0. The lowest BCUT2D eigenvalue weighted by atomic mass is 10.0. The Morgan fingerprint density at radius 2 is 1.79 bits per heavy atom. The predicted molar refractivity (Wildman–Crippen MR) is 90.0 cm³/mol. The molecule has 2 heterocycles. The van der Waals surface area contributed by atoms with Gasteiger partial charge in [-0.3, -0.25) is 24.0 Å². The molecule has 1 atom stereocenters. The highest BCUT2D eigenvalue weighted by Gasteiger charge is 2.35. The van der Waals surface area contributed by atoms with Gasteiger partial charge in [0.25, 0.3) is 0 Å². The van der Waals surface area contributed by atoms with Gasteiger partial charge in [-0.1, -0.05) is 19.9 Å². The van der Waals surface area contributed by atoms with Gasteiger partial charge < -0.3 is 0 Å². The summed E-state index contributed by atoms with van der Waals surface area (Å²) in [4.78, 5) is 36.7. The van der Waals surface area contributed by atoms with Crippen LogP contribution in [-0.2, 0) is 9.59 Å². The molecule has 6 heteroatoms. The van der Waals surface area contributed by atoms with Crippen LogP contribution in [-0.4, -0.2) is 20.9 Å². The first-order chi connectivity index (χ1) is 11.5. The molecule has 1 aliphatic carbocycles. The second-order valence-electron chi connectivity index (χ2n) is 7.12. The molecule has 24 heavy (non-hydrogen) atoms. The van der Waals surface area contributed by atoms with Crippen molar-refractivity contribution in [2.24, 2.45) is 0 Å². The van der Waals surface area contributed by atoms with Crippen LogP contribution in [0, 0.1) is 0 Å². The predicted octanol–water partition coefficient (Wildman–Crippen LogP) is 2.24. The van der Waals surface area contributed by atoms with Crippen LogP contribution in [0.1, 0.15) is 63.1 Å². The van der Waals surface area contributed by atoms with Crippen molar-refractivity contribution in [2.45, 2.75) is 57.5 Å². The van der Waals surface area contributed by atoms with Crippen LogP contribution in [0.3, 0.4) is 0 Å². The van der Waals surface area contributed by atoms with E-state index in [1.54, 1.807) is 4.57 Å². The molecule has 1 N–H and O–H groups in total.